The molecule has 2 rings (SSSR count). The molecule has 0 radical (unpaired) electrons. The van der Waals surface area contributed by atoms with Gasteiger partial charge in [0.2, 0.25) is 5.78 Å². The summed E-state index contributed by atoms with van der Waals surface area (Å²) in [6.07, 6.45) is -1.98. The second kappa shape index (κ2) is 4.60. The van der Waals surface area contributed by atoms with Crippen LogP contribution in [0.25, 0.3) is 0 Å². The van der Waals surface area contributed by atoms with Gasteiger partial charge in [-0.3, -0.25) is 9.59 Å². The van der Waals surface area contributed by atoms with Crippen LogP contribution in [0.15, 0.2) is 18.2 Å². The minimum absolute atomic E-state index is 0.136. The Labute approximate surface area is 108 Å². The maximum Gasteiger partial charge on any atom is 0.313 e. The van der Waals surface area contributed by atoms with E-state index < -0.39 is 30.2 Å². The van der Waals surface area contributed by atoms with Crippen molar-refractivity contribution in [1.29, 1.82) is 0 Å². The molecule has 0 bridgehead atoms. The van der Waals surface area contributed by atoms with Gasteiger partial charge >= 0.3 is 11.9 Å². The Morgan fingerprint density at radius 2 is 2.11 bits per heavy atom. The fraction of sp³-hybridized carbons (Fsp3) is 0.385. The van der Waals surface area contributed by atoms with Gasteiger partial charge in [-0.25, -0.2) is 0 Å². The quantitative estimate of drug-likeness (QED) is 0.775. The molecule has 1 aromatic carbocycles. The molecule has 0 aromatic heterocycles. The van der Waals surface area contributed by atoms with Gasteiger partial charge in [0.15, 0.2) is 0 Å². The molecule has 0 aliphatic heterocycles. The molecular weight excluding hydrogens is 258 g/mol. The number of hydrogen-bond acceptors (Lipinski definition) is 4. The summed E-state index contributed by atoms with van der Waals surface area (Å²) in [6, 6.07) is 4.12. The van der Waals surface area contributed by atoms with E-state index >= 15 is 0 Å². The number of benzene rings is 1. The van der Waals surface area contributed by atoms with Crippen LogP contribution in [0, 0.1) is 0 Å². The molecule has 0 spiro atoms. The van der Waals surface area contributed by atoms with E-state index in [-0.39, 0.29) is 11.1 Å². The SMILES string of the molecule is COc1ccc2c(c1)C(OC(C)=O)CC(F)(F)C2=O. The lowest BCUT2D eigenvalue weighted by Gasteiger charge is -2.29. The van der Waals surface area contributed by atoms with Gasteiger partial charge in [0.25, 0.3) is 0 Å². The maximum absolute atomic E-state index is 13.6. The van der Waals surface area contributed by atoms with Crippen LogP contribution >= 0.6 is 0 Å². The molecule has 0 amide bonds. The molecule has 0 saturated carbocycles. The van der Waals surface area contributed by atoms with Gasteiger partial charge in [-0.15, -0.1) is 0 Å². The summed E-state index contributed by atoms with van der Waals surface area (Å²) >= 11 is 0. The molecule has 0 N–H and O–H groups in total. The smallest absolute Gasteiger partial charge is 0.313 e. The van der Waals surface area contributed by atoms with E-state index in [1.54, 1.807) is 0 Å². The molecule has 1 unspecified atom stereocenters. The summed E-state index contributed by atoms with van der Waals surface area (Å²) < 4.78 is 37.0. The van der Waals surface area contributed by atoms with Gasteiger partial charge < -0.3 is 9.47 Å². The van der Waals surface area contributed by atoms with Crippen LogP contribution in [0.1, 0.15) is 35.4 Å². The number of alkyl halides is 2. The summed E-state index contributed by atoms with van der Waals surface area (Å²) in [6.45, 7) is 1.13. The number of carbonyl (C=O) groups excluding carboxylic acids is 2. The molecule has 0 saturated heterocycles. The summed E-state index contributed by atoms with van der Waals surface area (Å²) in [5.41, 5.74) is 0.119. The van der Waals surface area contributed by atoms with Crippen molar-refractivity contribution in [3.8, 4) is 5.75 Å². The van der Waals surface area contributed by atoms with E-state index in [1.807, 2.05) is 0 Å². The molecule has 6 heteroatoms. The van der Waals surface area contributed by atoms with Crippen molar-refractivity contribution in [3.05, 3.63) is 29.3 Å². The first-order valence-electron chi connectivity index (χ1n) is 5.63. The van der Waals surface area contributed by atoms with Gasteiger partial charge in [0.05, 0.1) is 13.5 Å². The molecule has 1 aliphatic rings. The Morgan fingerprint density at radius 1 is 1.42 bits per heavy atom. The number of halogens is 2. The lowest BCUT2D eigenvalue weighted by atomic mass is 9.85. The zero-order valence-electron chi connectivity index (χ0n) is 10.4. The van der Waals surface area contributed by atoms with E-state index in [0.717, 1.165) is 6.92 Å². The van der Waals surface area contributed by atoms with Crippen molar-refractivity contribution in [2.24, 2.45) is 0 Å². The number of rotatable bonds is 2. The highest BCUT2D eigenvalue weighted by atomic mass is 19.3. The van der Waals surface area contributed by atoms with Crippen molar-refractivity contribution in [1.82, 2.24) is 0 Å². The monoisotopic (exact) mass is 270 g/mol. The maximum atomic E-state index is 13.6. The van der Waals surface area contributed by atoms with Crippen molar-refractivity contribution < 1.29 is 27.8 Å². The molecule has 0 fully saturated rings. The van der Waals surface area contributed by atoms with Crippen LogP contribution in [0.4, 0.5) is 8.78 Å². The second-order valence-corrected chi connectivity index (χ2v) is 4.29. The third-order valence-corrected chi connectivity index (χ3v) is 2.93. The van der Waals surface area contributed by atoms with Crippen LogP contribution in [-0.2, 0) is 9.53 Å². The largest absolute Gasteiger partial charge is 0.497 e. The topological polar surface area (TPSA) is 52.6 Å². The molecule has 102 valence electrons. The molecule has 19 heavy (non-hydrogen) atoms. The zero-order valence-corrected chi connectivity index (χ0v) is 10.4. The van der Waals surface area contributed by atoms with E-state index in [4.69, 9.17) is 9.47 Å². The normalized spacial score (nSPS) is 20.6. The van der Waals surface area contributed by atoms with Crippen molar-refractivity contribution in [2.45, 2.75) is 25.4 Å². The average Bonchev–Trinajstić information content (AvgIpc) is 2.34. The van der Waals surface area contributed by atoms with E-state index in [9.17, 15) is 18.4 Å². The average molecular weight is 270 g/mol. The van der Waals surface area contributed by atoms with Crippen LogP contribution in [0.3, 0.4) is 0 Å². The van der Waals surface area contributed by atoms with Crippen molar-refractivity contribution in [3.63, 3.8) is 0 Å². The lowest BCUT2D eigenvalue weighted by Crippen LogP contribution is -2.37. The van der Waals surface area contributed by atoms with Gasteiger partial charge in [-0.05, 0) is 18.2 Å². The Balaban J connectivity index is 2.52. The summed E-state index contributed by atoms with van der Waals surface area (Å²) in [4.78, 5) is 22.6. The highest BCUT2D eigenvalue weighted by molar-refractivity contribution is 6.04. The fourth-order valence-corrected chi connectivity index (χ4v) is 2.08. The number of Topliss-reactive ketones (excluding diaryl/α,β-unsaturated/α-hetero) is 1. The van der Waals surface area contributed by atoms with Crippen LogP contribution in [-0.4, -0.2) is 24.8 Å². The number of methoxy groups -OCH3 is 1. The molecule has 4 nitrogen and oxygen atoms in total. The lowest BCUT2D eigenvalue weighted by molar-refractivity contribution is -0.150. The highest BCUT2D eigenvalue weighted by Crippen LogP contribution is 2.42. The first kappa shape index (κ1) is 13.5. The predicted octanol–water partition coefficient (Wildman–Crippen LogP) is 2.52. The Morgan fingerprint density at radius 3 is 2.68 bits per heavy atom. The standard InChI is InChI=1S/C13H12F2O4/c1-7(16)19-11-6-13(14,15)12(17)9-4-3-8(18-2)5-10(9)11/h3-5,11H,6H2,1-2H3. The van der Waals surface area contributed by atoms with Crippen molar-refractivity contribution >= 4 is 11.8 Å². The number of hydrogen-bond donors (Lipinski definition) is 0. The van der Waals surface area contributed by atoms with Crippen molar-refractivity contribution in [2.75, 3.05) is 7.11 Å². The number of fused-ring (bicyclic) bond motifs is 1. The fourth-order valence-electron chi connectivity index (χ4n) is 2.08. The van der Waals surface area contributed by atoms with E-state index in [1.165, 1.54) is 25.3 Å². The molecule has 1 atom stereocenters. The number of ether oxygens (including phenoxy) is 2. The third kappa shape index (κ3) is 2.43. The zero-order chi connectivity index (χ0) is 14.2. The first-order chi connectivity index (χ1) is 8.85. The van der Waals surface area contributed by atoms with Gasteiger partial charge in [-0.2, -0.15) is 8.78 Å². The number of carbonyl (C=O) groups is 2. The Hall–Kier alpha value is -1.98. The van der Waals surface area contributed by atoms with E-state index in [0.29, 0.717) is 5.75 Å². The second-order valence-electron chi connectivity index (χ2n) is 4.29. The minimum Gasteiger partial charge on any atom is -0.497 e. The molecule has 1 aliphatic carbocycles. The molecule has 0 heterocycles. The Bertz CT molecular complexity index is 539. The summed E-state index contributed by atoms with van der Waals surface area (Å²) in [7, 11) is 1.42. The number of ketones is 1. The highest BCUT2D eigenvalue weighted by Gasteiger charge is 2.48. The summed E-state index contributed by atoms with van der Waals surface area (Å²) in [5, 5.41) is 0. The third-order valence-electron chi connectivity index (χ3n) is 2.93. The molecule has 1 aromatic rings. The Kier molecular flexibility index (Phi) is 3.26. The predicted molar refractivity (Wildman–Crippen MR) is 61.4 cm³/mol. The summed E-state index contributed by atoms with van der Waals surface area (Å²) in [5.74, 6) is -5.05. The van der Waals surface area contributed by atoms with Crippen LogP contribution in [0.2, 0.25) is 0 Å². The number of esters is 1. The first-order valence-corrected chi connectivity index (χ1v) is 5.63. The van der Waals surface area contributed by atoms with Gasteiger partial charge in [0.1, 0.15) is 11.9 Å². The minimum atomic E-state index is -3.53. The van der Waals surface area contributed by atoms with Crippen LogP contribution in [0.5, 0.6) is 5.75 Å². The van der Waals surface area contributed by atoms with Gasteiger partial charge in [-0.1, -0.05) is 0 Å². The van der Waals surface area contributed by atoms with Crippen LogP contribution < -0.4 is 4.74 Å². The van der Waals surface area contributed by atoms with E-state index in [2.05, 4.69) is 0 Å². The van der Waals surface area contributed by atoms with Gasteiger partial charge in [0, 0.05) is 18.1 Å². The molecular formula is C13H12F2O4.